The van der Waals surface area contributed by atoms with Gasteiger partial charge in [0.2, 0.25) is 10.0 Å². The van der Waals surface area contributed by atoms with Crippen LogP contribution in [0.4, 0.5) is 4.39 Å². The van der Waals surface area contributed by atoms with Gasteiger partial charge in [0.05, 0.1) is 23.8 Å². The van der Waals surface area contributed by atoms with E-state index in [1.165, 1.54) is 70.4 Å². The Kier molecular flexibility index (Phi) is 6.82. The summed E-state index contributed by atoms with van der Waals surface area (Å²) in [5.74, 6) is -0.978. The number of benzene rings is 2. The number of hydrogen-bond acceptors (Lipinski definition) is 8. The zero-order chi connectivity index (χ0) is 24.5. The van der Waals surface area contributed by atoms with Crippen LogP contribution < -0.4 is 0 Å². The van der Waals surface area contributed by atoms with E-state index in [-0.39, 0.29) is 40.8 Å². The van der Waals surface area contributed by atoms with Crippen molar-refractivity contribution in [3.63, 3.8) is 0 Å². The first-order valence-corrected chi connectivity index (χ1v) is 13.7. The molecule has 4 rings (SSSR count). The zero-order valence-electron chi connectivity index (χ0n) is 17.9. The number of methoxy groups -OCH3 is 1. The molecule has 180 valence electrons. The second kappa shape index (κ2) is 9.50. The monoisotopic (exact) mass is 525 g/mol. The topological polar surface area (TPSA) is 114 Å². The van der Waals surface area contributed by atoms with E-state index in [9.17, 15) is 26.0 Å². The van der Waals surface area contributed by atoms with Crippen LogP contribution >= 0.6 is 11.3 Å². The molecule has 13 heteroatoms. The lowest BCUT2D eigenvalue weighted by molar-refractivity contribution is 0.0600. The van der Waals surface area contributed by atoms with Gasteiger partial charge in [-0.05, 0) is 48.5 Å². The molecule has 0 spiro atoms. The van der Waals surface area contributed by atoms with E-state index in [0.29, 0.717) is 10.6 Å². The Morgan fingerprint density at radius 2 is 1.47 bits per heavy atom. The number of aromatic nitrogens is 1. The molecule has 1 fully saturated rings. The fourth-order valence-electron chi connectivity index (χ4n) is 3.41. The zero-order valence-corrected chi connectivity index (χ0v) is 20.4. The molecule has 0 bridgehead atoms. The van der Waals surface area contributed by atoms with Crippen LogP contribution in [0.2, 0.25) is 0 Å². The maximum atomic E-state index is 13.1. The highest BCUT2D eigenvalue weighted by Crippen LogP contribution is 2.30. The van der Waals surface area contributed by atoms with Gasteiger partial charge in [0.15, 0.2) is 4.21 Å². The highest BCUT2D eigenvalue weighted by molar-refractivity contribution is 7.91. The van der Waals surface area contributed by atoms with Crippen molar-refractivity contribution < 1.29 is 30.8 Å². The Morgan fingerprint density at radius 1 is 0.912 bits per heavy atom. The van der Waals surface area contributed by atoms with Gasteiger partial charge < -0.3 is 4.74 Å². The number of thiazole rings is 1. The number of halogens is 1. The van der Waals surface area contributed by atoms with E-state index in [2.05, 4.69) is 9.72 Å². The summed E-state index contributed by atoms with van der Waals surface area (Å²) in [6.07, 6.45) is 1.25. The summed E-state index contributed by atoms with van der Waals surface area (Å²) in [7, 11) is -6.49. The third-order valence-electron chi connectivity index (χ3n) is 5.28. The minimum Gasteiger partial charge on any atom is -0.465 e. The lowest BCUT2D eigenvalue weighted by atomic mass is 10.2. The fourth-order valence-corrected chi connectivity index (χ4v) is 7.55. The van der Waals surface area contributed by atoms with Crippen LogP contribution in [0.15, 0.2) is 63.8 Å². The molecule has 0 radical (unpaired) electrons. The van der Waals surface area contributed by atoms with Crippen molar-refractivity contribution in [3.8, 4) is 10.6 Å². The fraction of sp³-hybridized carbons (Fsp3) is 0.238. The van der Waals surface area contributed by atoms with Crippen molar-refractivity contribution in [2.45, 2.75) is 9.10 Å². The minimum absolute atomic E-state index is 0.00265. The van der Waals surface area contributed by atoms with Crippen LogP contribution in [0.5, 0.6) is 0 Å². The van der Waals surface area contributed by atoms with Crippen molar-refractivity contribution in [1.29, 1.82) is 0 Å². The smallest absolute Gasteiger partial charge is 0.337 e. The first kappa shape index (κ1) is 24.4. The van der Waals surface area contributed by atoms with E-state index >= 15 is 0 Å². The van der Waals surface area contributed by atoms with E-state index < -0.39 is 31.8 Å². The van der Waals surface area contributed by atoms with Crippen LogP contribution in [-0.4, -0.2) is 69.7 Å². The standard InChI is InChI=1S/C21H20FN3O6S3/c1-31-21(26)16-4-8-18(9-5-16)33(27,28)24-10-12-25(13-11-24)34(29,30)19-14-23-20(32-19)15-2-6-17(22)7-3-15/h2-9,14H,10-13H2,1H3. The summed E-state index contributed by atoms with van der Waals surface area (Å²) < 4.78 is 72.3. The van der Waals surface area contributed by atoms with Crippen molar-refractivity contribution in [3.05, 3.63) is 66.1 Å². The van der Waals surface area contributed by atoms with E-state index in [1.54, 1.807) is 0 Å². The van der Waals surface area contributed by atoms with Crippen LogP contribution in [0.1, 0.15) is 10.4 Å². The SMILES string of the molecule is COC(=O)c1ccc(S(=O)(=O)N2CCN(S(=O)(=O)c3cnc(-c4ccc(F)cc4)s3)CC2)cc1. The predicted molar refractivity (Wildman–Crippen MR) is 123 cm³/mol. The summed E-state index contributed by atoms with van der Waals surface area (Å²) >= 11 is 0.968. The van der Waals surface area contributed by atoms with Gasteiger partial charge in [-0.25, -0.2) is 31.0 Å². The summed E-state index contributed by atoms with van der Waals surface area (Å²) in [6.45, 7) is -0.0922. The van der Waals surface area contributed by atoms with Gasteiger partial charge >= 0.3 is 5.97 Å². The Bertz CT molecular complexity index is 1400. The molecular weight excluding hydrogens is 505 g/mol. The Hall–Kier alpha value is -2.71. The van der Waals surface area contributed by atoms with Crippen LogP contribution in [-0.2, 0) is 24.8 Å². The molecule has 1 saturated heterocycles. The van der Waals surface area contributed by atoms with Crippen molar-refractivity contribution >= 4 is 37.4 Å². The quantitative estimate of drug-likeness (QED) is 0.454. The molecule has 0 N–H and O–H groups in total. The molecule has 0 unspecified atom stereocenters. The second-order valence-corrected chi connectivity index (χ2v) is 12.4. The summed E-state index contributed by atoms with van der Waals surface area (Å²) in [6, 6.07) is 10.9. The van der Waals surface area contributed by atoms with Crippen LogP contribution in [0.25, 0.3) is 10.6 Å². The number of carbonyl (C=O) groups excluding carboxylic acids is 1. The van der Waals surface area contributed by atoms with E-state index in [1.807, 2.05) is 0 Å². The largest absolute Gasteiger partial charge is 0.465 e. The number of esters is 1. The first-order valence-electron chi connectivity index (χ1n) is 10.0. The molecule has 0 amide bonds. The summed E-state index contributed by atoms with van der Waals surface area (Å²) in [5, 5.41) is 0.440. The average Bonchev–Trinajstić information content (AvgIpc) is 3.35. The molecule has 0 atom stereocenters. The van der Waals surface area contributed by atoms with Gasteiger partial charge in [0, 0.05) is 31.7 Å². The van der Waals surface area contributed by atoms with E-state index in [4.69, 9.17) is 0 Å². The molecule has 34 heavy (non-hydrogen) atoms. The number of piperazine rings is 1. The maximum Gasteiger partial charge on any atom is 0.337 e. The summed E-state index contributed by atoms with van der Waals surface area (Å²) in [4.78, 5) is 15.7. The molecule has 3 aromatic rings. The lowest BCUT2D eigenvalue weighted by Gasteiger charge is -2.32. The molecule has 1 aliphatic rings. The number of nitrogens with zero attached hydrogens (tertiary/aromatic N) is 3. The molecule has 0 saturated carbocycles. The maximum absolute atomic E-state index is 13.1. The van der Waals surface area contributed by atoms with Crippen LogP contribution in [0, 0.1) is 5.82 Å². The number of ether oxygens (including phenoxy) is 1. The van der Waals surface area contributed by atoms with Crippen molar-refractivity contribution in [2.24, 2.45) is 0 Å². The lowest BCUT2D eigenvalue weighted by Crippen LogP contribution is -2.50. The van der Waals surface area contributed by atoms with Gasteiger partial charge in [0.25, 0.3) is 10.0 Å². The minimum atomic E-state index is -3.87. The van der Waals surface area contributed by atoms with E-state index in [0.717, 1.165) is 11.3 Å². The molecule has 9 nitrogen and oxygen atoms in total. The Morgan fingerprint density at radius 3 is 2.03 bits per heavy atom. The number of hydrogen-bond donors (Lipinski definition) is 0. The van der Waals surface area contributed by atoms with Crippen molar-refractivity contribution in [2.75, 3.05) is 33.3 Å². The average molecular weight is 526 g/mol. The van der Waals surface area contributed by atoms with Gasteiger partial charge in [0.1, 0.15) is 10.8 Å². The molecular formula is C21H20FN3O6S3. The molecule has 1 aromatic heterocycles. The second-order valence-electron chi connectivity index (χ2n) is 7.32. The third-order valence-corrected chi connectivity index (χ3v) is 10.6. The molecule has 0 aliphatic carbocycles. The van der Waals surface area contributed by atoms with Gasteiger partial charge in [-0.3, -0.25) is 0 Å². The molecule has 1 aliphatic heterocycles. The first-order chi connectivity index (χ1) is 16.1. The van der Waals surface area contributed by atoms with Crippen LogP contribution in [0.3, 0.4) is 0 Å². The molecule has 2 heterocycles. The number of rotatable bonds is 6. The number of sulfonamides is 2. The van der Waals surface area contributed by atoms with Gasteiger partial charge in [-0.1, -0.05) is 0 Å². The Labute approximate surface area is 200 Å². The van der Waals surface area contributed by atoms with Gasteiger partial charge in [-0.2, -0.15) is 8.61 Å². The normalized spacial score (nSPS) is 15.8. The highest BCUT2D eigenvalue weighted by Gasteiger charge is 2.34. The number of carbonyl (C=O) groups is 1. The highest BCUT2D eigenvalue weighted by atomic mass is 32.2. The van der Waals surface area contributed by atoms with Gasteiger partial charge in [-0.15, -0.1) is 11.3 Å². The van der Waals surface area contributed by atoms with Crippen molar-refractivity contribution in [1.82, 2.24) is 13.6 Å². The summed E-state index contributed by atoms with van der Waals surface area (Å²) in [5.41, 5.74) is 0.823. The predicted octanol–water partition coefficient (Wildman–Crippen LogP) is 2.43. The molecule has 2 aromatic carbocycles. The Balaban J connectivity index is 1.45. The third kappa shape index (κ3) is 4.74.